The minimum absolute atomic E-state index is 0.0466. The molecule has 0 bridgehead atoms. The fraction of sp³-hybridized carbons (Fsp3) is 0.462. The summed E-state index contributed by atoms with van der Waals surface area (Å²) in [4.78, 5) is 36.1. The lowest BCUT2D eigenvalue weighted by Crippen LogP contribution is -2.51. The number of hydrogen-bond acceptors (Lipinski definition) is 7. The maximum Gasteiger partial charge on any atom is 0.415 e. The number of fused-ring (bicyclic) bond motifs is 1. The van der Waals surface area contributed by atoms with E-state index in [1.165, 1.54) is 4.90 Å². The van der Waals surface area contributed by atoms with Gasteiger partial charge in [0.25, 0.3) is 0 Å². The number of anilines is 2. The van der Waals surface area contributed by atoms with E-state index in [1.807, 2.05) is 58.9 Å². The van der Waals surface area contributed by atoms with Crippen molar-refractivity contribution >= 4 is 24.0 Å². The molecule has 1 atom stereocenters. The van der Waals surface area contributed by atoms with Crippen LogP contribution in [0.25, 0.3) is 0 Å². The molecule has 1 aromatic carbocycles. The van der Waals surface area contributed by atoms with E-state index in [0.717, 1.165) is 16.7 Å². The van der Waals surface area contributed by atoms with Crippen LogP contribution in [0.2, 0.25) is 0 Å². The van der Waals surface area contributed by atoms with Crippen molar-refractivity contribution in [2.24, 2.45) is 5.92 Å². The summed E-state index contributed by atoms with van der Waals surface area (Å²) in [6.07, 6.45) is 1.01. The summed E-state index contributed by atoms with van der Waals surface area (Å²) in [5.74, 6) is 7.62. The zero-order chi connectivity index (χ0) is 25.2. The van der Waals surface area contributed by atoms with Crippen molar-refractivity contribution in [2.75, 3.05) is 29.9 Å². The van der Waals surface area contributed by atoms with Gasteiger partial charge in [0.1, 0.15) is 18.0 Å². The van der Waals surface area contributed by atoms with Crippen molar-refractivity contribution in [3.63, 3.8) is 0 Å². The Bertz CT molecular complexity index is 1160. The highest BCUT2D eigenvalue weighted by Crippen LogP contribution is 2.26. The topological polar surface area (TPSA) is 96.9 Å². The lowest BCUT2D eigenvalue weighted by molar-refractivity contribution is 0.00591. The van der Waals surface area contributed by atoms with Gasteiger partial charge in [-0.2, -0.15) is 4.98 Å². The molecular weight excluding hydrogens is 446 g/mol. The maximum absolute atomic E-state index is 12.0. The van der Waals surface area contributed by atoms with Crippen molar-refractivity contribution in [1.29, 1.82) is 0 Å². The second-order valence-corrected chi connectivity index (χ2v) is 9.68. The number of hydrogen-bond donors (Lipinski definition) is 1. The Morgan fingerprint density at radius 3 is 2.66 bits per heavy atom. The molecule has 1 unspecified atom stereocenters. The number of likely N-dealkylation sites (tertiary alicyclic amines) is 1. The van der Waals surface area contributed by atoms with Gasteiger partial charge in [-0.1, -0.05) is 24.0 Å². The monoisotopic (exact) mass is 477 g/mol. The predicted molar refractivity (Wildman–Crippen MR) is 132 cm³/mol. The minimum atomic E-state index is -0.489. The summed E-state index contributed by atoms with van der Waals surface area (Å²) >= 11 is 0. The van der Waals surface area contributed by atoms with Gasteiger partial charge in [-0.25, -0.2) is 14.6 Å². The second kappa shape index (κ2) is 9.82. The number of aromatic nitrogens is 2. The van der Waals surface area contributed by atoms with Crippen molar-refractivity contribution in [2.45, 2.75) is 52.9 Å². The molecule has 9 nitrogen and oxygen atoms in total. The minimum Gasteiger partial charge on any atom is -0.444 e. The fourth-order valence-corrected chi connectivity index (χ4v) is 3.75. The van der Waals surface area contributed by atoms with E-state index in [1.54, 1.807) is 11.1 Å². The Balaban J connectivity index is 1.33. The van der Waals surface area contributed by atoms with Gasteiger partial charge >= 0.3 is 12.2 Å². The molecule has 2 aliphatic heterocycles. The zero-order valence-electron chi connectivity index (χ0n) is 20.8. The normalized spacial score (nSPS) is 16.3. The number of carbonyl (C=O) groups is 2. The molecule has 184 valence electrons. The Labute approximate surface area is 205 Å². The molecule has 0 spiro atoms. The average molecular weight is 478 g/mol. The van der Waals surface area contributed by atoms with Crippen LogP contribution < -0.4 is 10.2 Å². The number of rotatable bonds is 4. The summed E-state index contributed by atoms with van der Waals surface area (Å²) in [7, 11) is 0. The summed E-state index contributed by atoms with van der Waals surface area (Å²) < 4.78 is 10.5. The van der Waals surface area contributed by atoms with Gasteiger partial charge in [-0.15, -0.1) is 0 Å². The van der Waals surface area contributed by atoms with Gasteiger partial charge in [0.05, 0.1) is 17.5 Å². The fourth-order valence-electron chi connectivity index (χ4n) is 3.75. The number of ether oxygens (including phenoxy) is 2. The molecule has 0 saturated carbocycles. The number of carbonyl (C=O) groups excluding carboxylic acids is 2. The van der Waals surface area contributed by atoms with Gasteiger partial charge < -0.3 is 19.7 Å². The Kier molecular flexibility index (Phi) is 6.83. The van der Waals surface area contributed by atoms with Gasteiger partial charge in [-0.3, -0.25) is 4.90 Å². The van der Waals surface area contributed by atoms with Crippen LogP contribution in [0.3, 0.4) is 0 Å². The Hall–Kier alpha value is -3.80. The first kappa shape index (κ1) is 24.3. The summed E-state index contributed by atoms with van der Waals surface area (Å²) in [5.41, 5.74) is 2.27. The highest BCUT2D eigenvalue weighted by molar-refractivity contribution is 5.89. The first-order valence-electron chi connectivity index (χ1n) is 11.8. The van der Waals surface area contributed by atoms with E-state index >= 15 is 0 Å². The van der Waals surface area contributed by atoms with Crippen molar-refractivity contribution < 1.29 is 19.1 Å². The van der Waals surface area contributed by atoms with Crippen LogP contribution in [-0.4, -0.2) is 52.3 Å². The van der Waals surface area contributed by atoms with Crippen molar-refractivity contribution in [3.05, 3.63) is 47.2 Å². The van der Waals surface area contributed by atoms with Gasteiger partial charge in [0.15, 0.2) is 0 Å². The summed E-state index contributed by atoms with van der Waals surface area (Å²) in [5, 5.41) is 3.30. The van der Waals surface area contributed by atoms with E-state index in [-0.39, 0.29) is 24.7 Å². The largest absolute Gasteiger partial charge is 0.444 e. The molecule has 9 heteroatoms. The molecule has 2 amide bonds. The molecule has 1 fully saturated rings. The van der Waals surface area contributed by atoms with E-state index < -0.39 is 11.7 Å². The molecule has 0 aliphatic carbocycles. The quantitative estimate of drug-likeness (QED) is 0.654. The Morgan fingerprint density at radius 1 is 1.29 bits per heavy atom. The molecule has 2 aliphatic rings. The van der Waals surface area contributed by atoms with Gasteiger partial charge in [0, 0.05) is 31.4 Å². The third-order valence-electron chi connectivity index (χ3n) is 5.70. The standard InChI is InChI=1S/C26H31N5O4/c1-6-31-22-21(16-34-25(31)33)13-27-23(29-22)28-17(2)20-11-9-18(10-12-20)7-8-19-14-30(15-19)24(32)35-26(3,4)5/h9-13,17,19H,6,14-16H2,1-5H3,(H,27,28,29). The number of cyclic esters (lactones) is 1. The molecule has 1 aromatic heterocycles. The van der Waals surface area contributed by atoms with E-state index in [4.69, 9.17) is 9.47 Å². The van der Waals surface area contributed by atoms with Crippen LogP contribution >= 0.6 is 0 Å². The lowest BCUT2D eigenvalue weighted by atomic mass is 10.0. The highest BCUT2D eigenvalue weighted by atomic mass is 16.6. The van der Waals surface area contributed by atoms with Crippen LogP contribution in [0.4, 0.5) is 21.4 Å². The van der Waals surface area contributed by atoms with Gasteiger partial charge in [0.2, 0.25) is 5.95 Å². The molecule has 1 N–H and O–H groups in total. The number of amides is 2. The molecule has 1 saturated heterocycles. The van der Waals surface area contributed by atoms with Crippen molar-refractivity contribution in [1.82, 2.24) is 14.9 Å². The average Bonchev–Trinajstić information content (AvgIpc) is 2.77. The van der Waals surface area contributed by atoms with Crippen molar-refractivity contribution in [3.8, 4) is 11.8 Å². The van der Waals surface area contributed by atoms with Crippen LogP contribution in [0.15, 0.2) is 30.5 Å². The highest BCUT2D eigenvalue weighted by Gasteiger charge is 2.32. The van der Waals surface area contributed by atoms with E-state index in [9.17, 15) is 9.59 Å². The number of benzene rings is 1. The summed E-state index contributed by atoms with van der Waals surface area (Å²) in [6.45, 7) is 11.3. The molecule has 2 aromatic rings. The third-order valence-corrected chi connectivity index (χ3v) is 5.70. The van der Waals surface area contributed by atoms with Crippen LogP contribution in [-0.2, 0) is 16.1 Å². The predicted octanol–water partition coefficient (Wildman–Crippen LogP) is 4.34. The Morgan fingerprint density at radius 2 is 2.00 bits per heavy atom. The molecular formula is C26H31N5O4. The smallest absolute Gasteiger partial charge is 0.415 e. The first-order valence-corrected chi connectivity index (χ1v) is 11.8. The number of nitrogens with one attached hydrogen (secondary N) is 1. The maximum atomic E-state index is 12.0. The SMILES string of the molecule is CCN1C(=O)OCc2cnc(NC(C)c3ccc(C#CC4CN(C(=O)OC(C)(C)C)C4)cc3)nc21. The first-order chi connectivity index (χ1) is 16.6. The van der Waals surface area contributed by atoms with Crippen LogP contribution in [0, 0.1) is 17.8 Å². The van der Waals surface area contributed by atoms with E-state index in [2.05, 4.69) is 27.1 Å². The van der Waals surface area contributed by atoms with E-state index in [0.29, 0.717) is 31.4 Å². The van der Waals surface area contributed by atoms with Crippen LogP contribution in [0.1, 0.15) is 57.4 Å². The van der Waals surface area contributed by atoms with Crippen LogP contribution in [0.5, 0.6) is 0 Å². The molecule has 4 rings (SSSR count). The summed E-state index contributed by atoms with van der Waals surface area (Å²) in [6, 6.07) is 7.95. The molecule has 3 heterocycles. The third kappa shape index (κ3) is 5.83. The molecule has 0 radical (unpaired) electrons. The van der Waals surface area contributed by atoms with Gasteiger partial charge in [-0.05, 0) is 52.3 Å². The zero-order valence-corrected chi connectivity index (χ0v) is 20.8. The molecule has 35 heavy (non-hydrogen) atoms. The number of nitrogens with zero attached hydrogens (tertiary/aromatic N) is 4. The lowest BCUT2D eigenvalue weighted by Gasteiger charge is -2.37. The second-order valence-electron chi connectivity index (χ2n) is 9.68.